The Hall–Kier alpha value is -3.35. The highest BCUT2D eigenvalue weighted by Gasteiger charge is 2.37. The molecule has 1 aliphatic rings. The van der Waals surface area contributed by atoms with Crippen LogP contribution >= 0.6 is 0 Å². The van der Waals surface area contributed by atoms with E-state index < -0.39 is 11.9 Å². The molecule has 158 valence electrons. The van der Waals surface area contributed by atoms with E-state index in [1.165, 1.54) is 12.0 Å². The number of methoxy groups -OCH3 is 2. The van der Waals surface area contributed by atoms with Crippen LogP contribution in [-0.4, -0.2) is 45.0 Å². The summed E-state index contributed by atoms with van der Waals surface area (Å²) >= 11 is 0. The zero-order chi connectivity index (χ0) is 21.7. The van der Waals surface area contributed by atoms with Gasteiger partial charge in [0.2, 0.25) is 5.91 Å². The molecule has 0 spiro atoms. The molecule has 3 rings (SSSR count). The minimum atomic E-state index is -0.639. The van der Waals surface area contributed by atoms with Crippen LogP contribution in [-0.2, 0) is 20.7 Å². The van der Waals surface area contributed by atoms with Gasteiger partial charge in [0.15, 0.2) is 12.4 Å². The number of hydrogen-bond acceptors (Lipinski definition) is 6. The number of carbonyl (C=O) groups is 3. The second kappa shape index (κ2) is 9.43. The number of rotatable bonds is 8. The molecule has 0 N–H and O–H groups in total. The molecule has 30 heavy (non-hydrogen) atoms. The summed E-state index contributed by atoms with van der Waals surface area (Å²) in [6.07, 6.45) is 0.905. The SMILES string of the molecule is CCc1ccc(C(=O)COC(=O)[C@@H]2CC(=O)N(c3ccc(OC)cc3OC)C2)cc1. The highest BCUT2D eigenvalue weighted by Crippen LogP contribution is 2.36. The molecule has 2 aromatic rings. The average Bonchev–Trinajstić information content (AvgIpc) is 3.18. The van der Waals surface area contributed by atoms with Crippen molar-refractivity contribution in [3.8, 4) is 11.5 Å². The van der Waals surface area contributed by atoms with E-state index in [4.69, 9.17) is 14.2 Å². The van der Waals surface area contributed by atoms with Gasteiger partial charge in [0.05, 0.1) is 25.8 Å². The molecule has 1 saturated heterocycles. The van der Waals surface area contributed by atoms with E-state index in [0.29, 0.717) is 22.7 Å². The number of benzene rings is 2. The number of Topliss-reactive ketones (excluding diaryl/α,β-unsaturated/α-hetero) is 1. The van der Waals surface area contributed by atoms with Gasteiger partial charge in [-0.1, -0.05) is 31.2 Å². The first-order valence-corrected chi connectivity index (χ1v) is 9.78. The Labute approximate surface area is 175 Å². The van der Waals surface area contributed by atoms with Crippen molar-refractivity contribution >= 4 is 23.3 Å². The number of anilines is 1. The highest BCUT2D eigenvalue weighted by molar-refractivity contribution is 6.01. The number of aryl methyl sites for hydroxylation is 1. The third-order valence-corrected chi connectivity index (χ3v) is 5.17. The Morgan fingerprint density at radius 3 is 2.43 bits per heavy atom. The van der Waals surface area contributed by atoms with Gasteiger partial charge in [0, 0.05) is 24.6 Å². The molecule has 1 atom stereocenters. The molecule has 0 radical (unpaired) electrons. The quantitative estimate of drug-likeness (QED) is 0.491. The second-order valence-electron chi connectivity index (χ2n) is 7.02. The Bertz CT molecular complexity index is 937. The lowest BCUT2D eigenvalue weighted by Crippen LogP contribution is -2.27. The Balaban J connectivity index is 1.61. The van der Waals surface area contributed by atoms with Crippen molar-refractivity contribution in [1.29, 1.82) is 0 Å². The fourth-order valence-corrected chi connectivity index (χ4v) is 3.37. The van der Waals surface area contributed by atoms with Crippen molar-refractivity contribution in [1.82, 2.24) is 0 Å². The van der Waals surface area contributed by atoms with Gasteiger partial charge in [-0.25, -0.2) is 0 Å². The normalized spacial score (nSPS) is 15.8. The van der Waals surface area contributed by atoms with Crippen LogP contribution in [0.2, 0.25) is 0 Å². The van der Waals surface area contributed by atoms with Crippen LogP contribution in [0.3, 0.4) is 0 Å². The minimum Gasteiger partial charge on any atom is -0.497 e. The molecule has 0 bridgehead atoms. The van der Waals surface area contributed by atoms with Crippen molar-refractivity contribution in [2.24, 2.45) is 5.92 Å². The topological polar surface area (TPSA) is 82.1 Å². The number of nitrogens with zero attached hydrogens (tertiary/aromatic N) is 1. The van der Waals surface area contributed by atoms with Gasteiger partial charge in [0.1, 0.15) is 11.5 Å². The third-order valence-electron chi connectivity index (χ3n) is 5.17. The molecular weight excluding hydrogens is 386 g/mol. The number of amides is 1. The van der Waals surface area contributed by atoms with Crippen LogP contribution in [0.1, 0.15) is 29.3 Å². The summed E-state index contributed by atoms with van der Waals surface area (Å²) in [5.74, 6) is -0.603. The van der Waals surface area contributed by atoms with E-state index in [-0.39, 0.29) is 31.3 Å². The lowest BCUT2D eigenvalue weighted by atomic mass is 10.1. The zero-order valence-corrected chi connectivity index (χ0v) is 17.3. The maximum atomic E-state index is 12.5. The molecule has 1 aliphatic heterocycles. The number of ketones is 1. The fraction of sp³-hybridized carbons (Fsp3) is 0.348. The van der Waals surface area contributed by atoms with Gasteiger partial charge < -0.3 is 19.1 Å². The van der Waals surface area contributed by atoms with E-state index in [1.807, 2.05) is 19.1 Å². The van der Waals surface area contributed by atoms with Crippen LogP contribution in [0.15, 0.2) is 42.5 Å². The Morgan fingerprint density at radius 2 is 1.80 bits per heavy atom. The summed E-state index contributed by atoms with van der Waals surface area (Å²) in [6, 6.07) is 12.3. The van der Waals surface area contributed by atoms with Crippen molar-refractivity contribution in [2.75, 3.05) is 32.3 Å². The Kier molecular flexibility index (Phi) is 6.72. The van der Waals surface area contributed by atoms with E-state index in [1.54, 1.807) is 37.4 Å². The lowest BCUT2D eigenvalue weighted by Gasteiger charge is -2.20. The first-order valence-electron chi connectivity index (χ1n) is 9.78. The molecule has 0 saturated carbocycles. The molecule has 0 aromatic heterocycles. The standard InChI is InChI=1S/C23H25NO6/c1-4-15-5-7-16(8-6-15)20(25)14-30-23(27)17-11-22(26)24(13-17)19-10-9-18(28-2)12-21(19)29-3/h5-10,12,17H,4,11,13-14H2,1-3H3/t17-/m1/s1. The van der Waals surface area contributed by atoms with E-state index in [9.17, 15) is 14.4 Å². The largest absolute Gasteiger partial charge is 0.497 e. The monoisotopic (exact) mass is 411 g/mol. The van der Waals surface area contributed by atoms with E-state index in [2.05, 4.69) is 0 Å². The van der Waals surface area contributed by atoms with Gasteiger partial charge in [-0.05, 0) is 24.1 Å². The first-order chi connectivity index (χ1) is 14.5. The fourth-order valence-electron chi connectivity index (χ4n) is 3.37. The summed E-state index contributed by atoms with van der Waals surface area (Å²) in [4.78, 5) is 38.7. The molecule has 1 heterocycles. The Morgan fingerprint density at radius 1 is 1.07 bits per heavy atom. The summed E-state index contributed by atoms with van der Waals surface area (Å²) in [7, 11) is 3.05. The number of ether oxygens (including phenoxy) is 3. The minimum absolute atomic E-state index is 0.0212. The van der Waals surface area contributed by atoms with Crippen molar-refractivity contribution in [3.63, 3.8) is 0 Å². The first kappa shape index (κ1) is 21.4. The number of hydrogen-bond donors (Lipinski definition) is 0. The molecule has 2 aromatic carbocycles. The maximum absolute atomic E-state index is 12.5. The predicted molar refractivity (Wildman–Crippen MR) is 111 cm³/mol. The third kappa shape index (κ3) is 4.62. The lowest BCUT2D eigenvalue weighted by molar-refractivity contribution is -0.147. The molecule has 1 fully saturated rings. The predicted octanol–water partition coefficient (Wildman–Crippen LogP) is 3.05. The molecular formula is C23H25NO6. The van der Waals surface area contributed by atoms with E-state index >= 15 is 0 Å². The smallest absolute Gasteiger partial charge is 0.311 e. The van der Waals surface area contributed by atoms with Gasteiger partial charge in [0.25, 0.3) is 0 Å². The maximum Gasteiger partial charge on any atom is 0.311 e. The molecule has 0 unspecified atom stereocenters. The van der Waals surface area contributed by atoms with Crippen LogP contribution in [0.5, 0.6) is 11.5 Å². The van der Waals surface area contributed by atoms with Gasteiger partial charge >= 0.3 is 5.97 Å². The van der Waals surface area contributed by atoms with Crippen molar-refractivity contribution in [2.45, 2.75) is 19.8 Å². The van der Waals surface area contributed by atoms with Gasteiger partial charge in [-0.2, -0.15) is 0 Å². The van der Waals surface area contributed by atoms with Crippen molar-refractivity contribution in [3.05, 3.63) is 53.6 Å². The average molecular weight is 411 g/mol. The van der Waals surface area contributed by atoms with Crippen LogP contribution < -0.4 is 14.4 Å². The molecule has 7 heteroatoms. The van der Waals surface area contributed by atoms with Crippen molar-refractivity contribution < 1.29 is 28.6 Å². The van der Waals surface area contributed by atoms with Gasteiger partial charge in [-0.3, -0.25) is 14.4 Å². The molecule has 7 nitrogen and oxygen atoms in total. The summed E-state index contributed by atoms with van der Waals surface area (Å²) < 4.78 is 15.7. The van der Waals surface area contributed by atoms with Crippen LogP contribution in [0.4, 0.5) is 5.69 Å². The summed E-state index contributed by atoms with van der Waals surface area (Å²) in [5, 5.41) is 0. The highest BCUT2D eigenvalue weighted by atomic mass is 16.5. The number of carbonyl (C=O) groups excluding carboxylic acids is 3. The second-order valence-corrected chi connectivity index (χ2v) is 7.02. The zero-order valence-electron chi connectivity index (χ0n) is 17.3. The van der Waals surface area contributed by atoms with Crippen LogP contribution in [0, 0.1) is 5.92 Å². The van der Waals surface area contributed by atoms with Crippen LogP contribution in [0.25, 0.3) is 0 Å². The number of esters is 1. The molecule has 0 aliphatic carbocycles. The summed E-state index contributed by atoms with van der Waals surface area (Å²) in [5.41, 5.74) is 2.18. The van der Waals surface area contributed by atoms with Gasteiger partial charge in [-0.15, -0.1) is 0 Å². The summed E-state index contributed by atoms with van der Waals surface area (Å²) in [6.45, 7) is 1.85. The molecule has 1 amide bonds. The van der Waals surface area contributed by atoms with E-state index in [0.717, 1.165) is 12.0 Å².